The van der Waals surface area contributed by atoms with Gasteiger partial charge < -0.3 is 5.32 Å². The molecule has 0 aliphatic carbocycles. The van der Waals surface area contributed by atoms with Gasteiger partial charge in [0.25, 0.3) is 5.69 Å². The number of non-ortho nitro benzene ring substituents is 1. The van der Waals surface area contributed by atoms with E-state index in [1.54, 1.807) is 13.8 Å². The van der Waals surface area contributed by atoms with Crippen LogP contribution in [0.5, 0.6) is 0 Å². The van der Waals surface area contributed by atoms with E-state index in [-0.39, 0.29) is 24.3 Å². The predicted octanol–water partition coefficient (Wildman–Crippen LogP) is 3.07. The number of anilines is 1. The molecule has 0 fully saturated rings. The standard InChI is InChI=1S/C20H25N3O5S/c1-5-18(20(24)21-13-16-9-6-14(2)7-10-16)22(29(4,27)28)19-12-17(23(25)26)11-8-15(19)3/h6-12,18H,5,13H2,1-4H3,(H,21,24)/t18-/m1/s1. The molecule has 0 radical (unpaired) electrons. The highest BCUT2D eigenvalue weighted by atomic mass is 32.2. The fraction of sp³-hybridized carbons (Fsp3) is 0.350. The van der Waals surface area contributed by atoms with Gasteiger partial charge in [-0.05, 0) is 31.4 Å². The Morgan fingerprint density at radius 2 is 1.79 bits per heavy atom. The summed E-state index contributed by atoms with van der Waals surface area (Å²) in [5.74, 6) is -0.468. The van der Waals surface area contributed by atoms with Crippen molar-refractivity contribution in [2.75, 3.05) is 10.6 Å². The molecular weight excluding hydrogens is 394 g/mol. The van der Waals surface area contributed by atoms with Crippen molar-refractivity contribution < 1.29 is 18.1 Å². The smallest absolute Gasteiger partial charge is 0.271 e. The zero-order valence-electron chi connectivity index (χ0n) is 16.9. The van der Waals surface area contributed by atoms with E-state index >= 15 is 0 Å². The Morgan fingerprint density at radius 1 is 1.17 bits per heavy atom. The summed E-state index contributed by atoms with van der Waals surface area (Å²) in [6.45, 7) is 5.55. The van der Waals surface area contributed by atoms with Gasteiger partial charge in [-0.2, -0.15) is 0 Å². The molecule has 1 N–H and O–H groups in total. The fourth-order valence-corrected chi connectivity index (χ4v) is 4.26. The molecule has 2 aromatic rings. The van der Waals surface area contributed by atoms with Crippen molar-refractivity contribution in [3.63, 3.8) is 0 Å². The van der Waals surface area contributed by atoms with Crippen molar-refractivity contribution in [1.29, 1.82) is 0 Å². The monoisotopic (exact) mass is 419 g/mol. The van der Waals surface area contributed by atoms with Crippen LogP contribution < -0.4 is 9.62 Å². The van der Waals surface area contributed by atoms with Gasteiger partial charge in [0.15, 0.2) is 0 Å². The number of nitrogens with zero attached hydrogens (tertiary/aromatic N) is 2. The van der Waals surface area contributed by atoms with E-state index < -0.39 is 26.9 Å². The quantitative estimate of drug-likeness (QED) is 0.522. The maximum atomic E-state index is 12.9. The van der Waals surface area contributed by atoms with E-state index in [1.807, 2.05) is 31.2 Å². The number of hydrogen-bond acceptors (Lipinski definition) is 5. The second-order valence-corrected chi connectivity index (χ2v) is 8.77. The lowest BCUT2D eigenvalue weighted by molar-refractivity contribution is -0.384. The predicted molar refractivity (Wildman–Crippen MR) is 112 cm³/mol. The molecule has 0 heterocycles. The molecule has 156 valence electrons. The maximum Gasteiger partial charge on any atom is 0.271 e. The van der Waals surface area contributed by atoms with E-state index in [0.717, 1.165) is 21.7 Å². The summed E-state index contributed by atoms with van der Waals surface area (Å²) >= 11 is 0. The lowest BCUT2D eigenvalue weighted by atomic mass is 10.1. The number of benzene rings is 2. The highest BCUT2D eigenvalue weighted by Gasteiger charge is 2.33. The van der Waals surface area contributed by atoms with Crippen molar-refractivity contribution in [3.05, 3.63) is 69.3 Å². The van der Waals surface area contributed by atoms with Crippen molar-refractivity contribution in [3.8, 4) is 0 Å². The number of carbonyl (C=O) groups is 1. The van der Waals surface area contributed by atoms with Crippen LogP contribution in [0.15, 0.2) is 42.5 Å². The number of hydrogen-bond donors (Lipinski definition) is 1. The summed E-state index contributed by atoms with van der Waals surface area (Å²) < 4.78 is 26.1. The second-order valence-electron chi connectivity index (χ2n) is 6.91. The minimum atomic E-state index is -3.88. The summed E-state index contributed by atoms with van der Waals surface area (Å²) in [5, 5.41) is 13.9. The molecule has 0 aliphatic heterocycles. The van der Waals surface area contributed by atoms with Gasteiger partial charge in [0, 0.05) is 18.7 Å². The van der Waals surface area contributed by atoms with Crippen LogP contribution in [0.1, 0.15) is 30.0 Å². The summed E-state index contributed by atoms with van der Waals surface area (Å²) in [6.07, 6.45) is 1.19. The number of sulfonamides is 1. The Bertz CT molecular complexity index is 1000. The van der Waals surface area contributed by atoms with Gasteiger partial charge in [-0.1, -0.05) is 42.8 Å². The SMILES string of the molecule is CC[C@H](C(=O)NCc1ccc(C)cc1)N(c1cc([N+](=O)[O-])ccc1C)S(C)(=O)=O. The normalized spacial score (nSPS) is 12.3. The fourth-order valence-electron chi connectivity index (χ4n) is 3.00. The third-order valence-corrected chi connectivity index (χ3v) is 5.72. The summed E-state index contributed by atoms with van der Waals surface area (Å²) in [4.78, 5) is 23.4. The van der Waals surface area contributed by atoms with Gasteiger partial charge in [-0.15, -0.1) is 0 Å². The molecule has 0 aromatic heterocycles. The van der Waals surface area contributed by atoms with Crippen LogP contribution >= 0.6 is 0 Å². The molecular formula is C20H25N3O5S. The first kappa shape index (κ1) is 22.4. The molecule has 2 rings (SSSR count). The topological polar surface area (TPSA) is 110 Å². The van der Waals surface area contributed by atoms with Crippen molar-refractivity contribution >= 4 is 27.3 Å². The van der Waals surface area contributed by atoms with Gasteiger partial charge in [0.1, 0.15) is 6.04 Å². The highest BCUT2D eigenvalue weighted by Crippen LogP contribution is 2.30. The third-order valence-electron chi connectivity index (χ3n) is 4.56. The first-order chi connectivity index (χ1) is 13.5. The number of nitrogens with one attached hydrogen (secondary N) is 1. The molecule has 1 atom stereocenters. The van der Waals surface area contributed by atoms with Crippen LogP contribution in [0, 0.1) is 24.0 Å². The number of aryl methyl sites for hydroxylation is 2. The van der Waals surface area contributed by atoms with Crippen LogP contribution in [-0.4, -0.2) is 31.5 Å². The Balaban J connectivity index is 2.37. The van der Waals surface area contributed by atoms with Gasteiger partial charge in [-0.25, -0.2) is 8.42 Å². The van der Waals surface area contributed by atoms with Crippen molar-refractivity contribution in [1.82, 2.24) is 5.32 Å². The number of nitro groups is 1. The Kier molecular flexibility index (Phi) is 6.97. The largest absolute Gasteiger partial charge is 0.350 e. The van der Waals surface area contributed by atoms with E-state index in [4.69, 9.17) is 0 Å². The molecule has 29 heavy (non-hydrogen) atoms. The van der Waals surface area contributed by atoms with Crippen LogP contribution in [0.25, 0.3) is 0 Å². The lowest BCUT2D eigenvalue weighted by Gasteiger charge is -2.31. The Labute approximate surface area is 170 Å². The average molecular weight is 420 g/mol. The zero-order valence-corrected chi connectivity index (χ0v) is 17.7. The second kappa shape index (κ2) is 9.04. The molecule has 1 amide bonds. The third kappa shape index (κ3) is 5.54. The van der Waals surface area contributed by atoms with Gasteiger partial charge in [-0.3, -0.25) is 19.2 Å². The van der Waals surface area contributed by atoms with Crippen LogP contribution in [0.4, 0.5) is 11.4 Å². The minimum Gasteiger partial charge on any atom is -0.350 e. The molecule has 0 saturated carbocycles. The molecule has 8 nitrogen and oxygen atoms in total. The summed E-state index contributed by atoms with van der Waals surface area (Å²) in [5.41, 5.74) is 2.38. The van der Waals surface area contributed by atoms with E-state index in [2.05, 4.69) is 5.32 Å². The average Bonchev–Trinajstić information content (AvgIpc) is 2.65. The van der Waals surface area contributed by atoms with E-state index in [9.17, 15) is 23.3 Å². The Morgan fingerprint density at radius 3 is 2.31 bits per heavy atom. The molecule has 0 saturated heterocycles. The molecule has 0 spiro atoms. The van der Waals surface area contributed by atoms with Gasteiger partial charge >= 0.3 is 0 Å². The van der Waals surface area contributed by atoms with E-state index in [0.29, 0.717) is 5.56 Å². The number of rotatable bonds is 8. The van der Waals surface area contributed by atoms with E-state index in [1.165, 1.54) is 18.2 Å². The van der Waals surface area contributed by atoms with Crippen LogP contribution in [0.2, 0.25) is 0 Å². The first-order valence-corrected chi connectivity index (χ1v) is 11.0. The molecule has 0 unspecified atom stereocenters. The summed E-state index contributed by atoms with van der Waals surface area (Å²) in [7, 11) is -3.88. The number of amides is 1. The number of nitro benzene ring substituents is 1. The summed E-state index contributed by atoms with van der Waals surface area (Å²) in [6, 6.07) is 10.6. The molecule has 0 aliphatic rings. The lowest BCUT2D eigenvalue weighted by Crippen LogP contribution is -2.49. The van der Waals surface area contributed by atoms with Crippen molar-refractivity contribution in [2.24, 2.45) is 0 Å². The minimum absolute atomic E-state index is 0.124. The Hall–Kier alpha value is -2.94. The molecule has 9 heteroatoms. The first-order valence-electron chi connectivity index (χ1n) is 9.12. The van der Waals surface area contributed by atoms with Crippen LogP contribution in [0.3, 0.4) is 0 Å². The molecule has 0 bridgehead atoms. The van der Waals surface area contributed by atoms with Crippen LogP contribution in [-0.2, 0) is 21.4 Å². The zero-order chi connectivity index (χ0) is 21.8. The van der Waals surface area contributed by atoms with Gasteiger partial charge in [0.05, 0.1) is 16.9 Å². The highest BCUT2D eigenvalue weighted by molar-refractivity contribution is 7.92. The number of carbonyl (C=O) groups excluding carboxylic acids is 1. The molecule has 2 aromatic carbocycles. The van der Waals surface area contributed by atoms with Gasteiger partial charge in [0.2, 0.25) is 15.9 Å². The van der Waals surface area contributed by atoms with Crippen molar-refractivity contribution in [2.45, 2.75) is 39.8 Å². The maximum absolute atomic E-state index is 12.9.